The number of rotatable bonds is 2. The van der Waals surface area contributed by atoms with E-state index in [1.807, 2.05) is 6.07 Å². The van der Waals surface area contributed by atoms with Crippen LogP contribution in [0.2, 0.25) is 0 Å². The van der Waals surface area contributed by atoms with Crippen molar-refractivity contribution in [2.24, 2.45) is 0 Å². The van der Waals surface area contributed by atoms with Gasteiger partial charge in [0.25, 0.3) is 5.56 Å². The van der Waals surface area contributed by atoms with Gasteiger partial charge < -0.3 is 5.32 Å². The van der Waals surface area contributed by atoms with Gasteiger partial charge >= 0.3 is 6.03 Å². The lowest BCUT2D eigenvalue weighted by Crippen LogP contribution is -2.45. The molecule has 1 heterocycles. The van der Waals surface area contributed by atoms with Crippen LogP contribution in [0, 0.1) is 25.2 Å². The van der Waals surface area contributed by atoms with Crippen molar-refractivity contribution in [2.45, 2.75) is 52.0 Å². The molecule has 2 amide bonds. The second kappa shape index (κ2) is 6.44. The molecule has 0 spiro atoms. The van der Waals surface area contributed by atoms with Crippen LogP contribution < -0.4 is 16.3 Å². The van der Waals surface area contributed by atoms with Crippen LogP contribution in [0.5, 0.6) is 0 Å². The third-order valence-corrected chi connectivity index (χ3v) is 3.85. The Kier molecular flexibility index (Phi) is 4.63. The highest BCUT2D eigenvalue weighted by molar-refractivity contribution is 5.82. The summed E-state index contributed by atoms with van der Waals surface area (Å²) < 4.78 is 1.13. The minimum atomic E-state index is -0.492. The number of carbonyl (C=O) groups is 1. The average molecular weight is 288 g/mol. The Balaban J connectivity index is 2.14. The quantitative estimate of drug-likeness (QED) is 0.871. The van der Waals surface area contributed by atoms with E-state index in [1.165, 1.54) is 6.42 Å². The van der Waals surface area contributed by atoms with Gasteiger partial charge in [0.05, 0.1) is 0 Å². The van der Waals surface area contributed by atoms with Gasteiger partial charge in [-0.2, -0.15) is 5.26 Å². The van der Waals surface area contributed by atoms with Gasteiger partial charge in [0, 0.05) is 11.7 Å². The summed E-state index contributed by atoms with van der Waals surface area (Å²) in [7, 11) is 0. The summed E-state index contributed by atoms with van der Waals surface area (Å²) in [5.74, 6) is 0. The number of pyridine rings is 1. The summed E-state index contributed by atoms with van der Waals surface area (Å²) in [5, 5.41) is 11.9. The first kappa shape index (κ1) is 15.1. The first-order valence-electron chi connectivity index (χ1n) is 7.24. The van der Waals surface area contributed by atoms with Gasteiger partial charge in [0.15, 0.2) is 0 Å². The van der Waals surface area contributed by atoms with E-state index in [0.29, 0.717) is 11.3 Å². The van der Waals surface area contributed by atoms with Gasteiger partial charge in [-0.3, -0.25) is 4.79 Å². The van der Waals surface area contributed by atoms with Gasteiger partial charge in [-0.1, -0.05) is 19.3 Å². The summed E-state index contributed by atoms with van der Waals surface area (Å²) in [6, 6.07) is 3.35. The Morgan fingerprint density at radius 2 is 2.00 bits per heavy atom. The summed E-state index contributed by atoms with van der Waals surface area (Å²) >= 11 is 0. The zero-order valence-corrected chi connectivity index (χ0v) is 12.4. The number of hydrogen-bond acceptors (Lipinski definition) is 3. The second-order valence-electron chi connectivity index (χ2n) is 5.52. The van der Waals surface area contributed by atoms with E-state index in [1.54, 1.807) is 19.9 Å². The summed E-state index contributed by atoms with van der Waals surface area (Å²) in [4.78, 5) is 24.2. The van der Waals surface area contributed by atoms with Crippen molar-refractivity contribution >= 4 is 6.03 Å². The Bertz CT molecular complexity index is 636. The van der Waals surface area contributed by atoms with Crippen LogP contribution in [0.25, 0.3) is 0 Å². The highest BCUT2D eigenvalue weighted by atomic mass is 16.2. The van der Waals surface area contributed by atoms with E-state index in [-0.39, 0.29) is 11.6 Å². The Morgan fingerprint density at radius 3 is 2.62 bits per heavy atom. The zero-order valence-electron chi connectivity index (χ0n) is 12.4. The monoisotopic (exact) mass is 288 g/mol. The molecule has 1 saturated carbocycles. The number of nitriles is 1. The van der Waals surface area contributed by atoms with Crippen molar-refractivity contribution in [3.63, 3.8) is 0 Å². The topological polar surface area (TPSA) is 86.9 Å². The van der Waals surface area contributed by atoms with Gasteiger partial charge in [0.1, 0.15) is 11.6 Å². The number of nitrogens with zero attached hydrogens (tertiary/aromatic N) is 2. The fraction of sp³-hybridized carbons (Fsp3) is 0.533. The van der Waals surface area contributed by atoms with Crippen molar-refractivity contribution in [1.29, 1.82) is 5.26 Å². The molecule has 1 fully saturated rings. The highest BCUT2D eigenvalue weighted by Gasteiger charge is 2.17. The number of carbonyl (C=O) groups excluding carboxylic acids is 1. The van der Waals surface area contributed by atoms with Crippen molar-refractivity contribution in [2.75, 3.05) is 5.43 Å². The first-order chi connectivity index (χ1) is 10.0. The van der Waals surface area contributed by atoms with Crippen molar-refractivity contribution in [3.05, 3.63) is 33.2 Å². The minimum Gasteiger partial charge on any atom is -0.334 e. The molecule has 0 aromatic carbocycles. The molecule has 0 radical (unpaired) electrons. The lowest BCUT2D eigenvalue weighted by atomic mass is 9.96. The average Bonchev–Trinajstić information content (AvgIpc) is 2.45. The van der Waals surface area contributed by atoms with Crippen LogP contribution in [0.1, 0.15) is 48.9 Å². The van der Waals surface area contributed by atoms with E-state index in [2.05, 4.69) is 10.7 Å². The fourth-order valence-electron chi connectivity index (χ4n) is 2.73. The largest absolute Gasteiger partial charge is 0.334 e. The predicted molar refractivity (Wildman–Crippen MR) is 79.7 cm³/mol. The van der Waals surface area contributed by atoms with E-state index < -0.39 is 11.6 Å². The van der Waals surface area contributed by atoms with Crippen LogP contribution in [0.4, 0.5) is 4.79 Å². The zero-order chi connectivity index (χ0) is 15.4. The maximum atomic E-state index is 12.2. The molecular weight excluding hydrogens is 268 g/mol. The number of urea groups is 1. The SMILES string of the molecule is Cc1cc(C)n(NC(=O)NC2CCCCC2)c(=O)c1C#N. The lowest BCUT2D eigenvalue weighted by Gasteiger charge is -2.23. The highest BCUT2D eigenvalue weighted by Crippen LogP contribution is 2.17. The summed E-state index contributed by atoms with van der Waals surface area (Å²) in [6.07, 6.45) is 5.39. The number of amides is 2. The molecule has 0 unspecified atom stereocenters. The third-order valence-electron chi connectivity index (χ3n) is 3.85. The summed E-state index contributed by atoms with van der Waals surface area (Å²) in [5.41, 5.74) is 3.30. The third kappa shape index (κ3) is 3.43. The molecule has 0 aliphatic heterocycles. The van der Waals surface area contributed by atoms with Gasteiger partial charge in [-0.25, -0.2) is 14.9 Å². The normalized spacial score (nSPS) is 15.3. The van der Waals surface area contributed by atoms with E-state index in [0.717, 1.165) is 30.4 Å². The van der Waals surface area contributed by atoms with E-state index in [9.17, 15) is 9.59 Å². The molecule has 2 rings (SSSR count). The molecule has 1 aromatic heterocycles. The molecule has 6 nitrogen and oxygen atoms in total. The molecule has 6 heteroatoms. The number of aromatic nitrogens is 1. The molecule has 1 aromatic rings. The number of hydrogen-bond donors (Lipinski definition) is 2. The lowest BCUT2D eigenvalue weighted by molar-refractivity contribution is 0.241. The molecule has 1 aliphatic rings. The smallest absolute Gasteiger partial charge is 0.334 e. The van der Waals surface area contributed by atoms with Crippen molar-refractivity contribution in [1.82, 2.24) is 9.99 Å². The minimum absolute atomic E-state index is 0.0542. The number of nitrogens with one attached hydrogen (secondary N) is 2. The van der Waals surface area contributed by atoms with Crippen LogP contribution in [-0.4, -0.2) is 16.7 Å². The molecule has 2 N–H and O–H groups in total. The first-order valence-corrected chi connectivity index (χ1v) is 7.24. The fourth-order valence-corrected chi connectivity index (χ4v) is 2.73. The molecule has 0 bridgehead atoms. The van der Waals surface area contributed by atoms with Gasteiger partial charge in [-0.15, -0.1) is 0 Å². The predicted octanol–water partition coefficient (Wildman–Crippen LogP) is 1.92. The van der Waals surface area contributed by atoms with Gasteiger partial charge in [0.2, 0.25) is 0 Å². The van der Waals surface area contributed by atoms with Crippen molar-refractivity contribution < 1.29 is 4.79 Å². The van der Waals surface area contributed by atoms with E-state index in [4.69, 9.17) is 5.26 Å². The van der Waals surface area contributed by atoms with Crippen LogP contribution in [-0.2, 0) is 0 Å². The molecule has 1 aliphatic carbocycles. The Morgan fingerprint density at radius 1 is 1.33 bits per heavy atom. The summed E-state index contributed by atoms with van der Waals surface area (Å²) in [6.45, 7) is 3.43. The van der Waals surface area contributed by atoms with Crippen LogP contribution in [0.15, 0.2) is 10.9 Å². The standard InChI is InChI=1S/C15H20N4O2/c1-10-8-11(2)19(14(20)13(10)9-16)18-15(21)17-12-6-4-3-5-7-12/h8,12H,3-7H2,1-2H3,(H2,17,18,21). The Labute approximate surface area is 123 Å². The number of aryl methyl sites for hydroxylation is 2. The molecule has 112 valence electrons. The second-order valence-corrected chi connectivity index (χ2v) is 5.52. The maximum Gasteiger partial charge on any atom is 0.334 e. The molecule has 0 saturated heterocycles. The Hall–Kier alpha value is -2.29. The molecular formula is C15H20N4O2. The van der Waals surface area contributed by atoms with Crippen LogP contribution >= 0.6 is 0 Å². The van der Waals surface area contributed by atoms with Gasteiger partial charge in [-0.05, 0) is 38.3 Å². The van der Waals surface area contributed by atoms with Crippen LogP contribution in [0.3, 0.4) is 0 Å². The van der Waals surface area contributed by atoms with E-state index >= 15 is 0 Å². The molecule has 0 atom stereocenters. The maximum absolute atomic E-state index is 12.2. The molecule has 21 heavy (non-hydrogen) atoms. The van der Waals surface area contributed by atoms with Crippen molar-refractivity contribution in [3.8, 4) is 6.07 Å².